The molecule has 148 valence electrons. The van der Waals surface area contributed by atoms with Crippen LogP contribution in [0.25, 0.3) is 10.9 Å². The molecular formula is C22H27N3O2S. The van der Waals surface area contributed by atoms with Crippen LogP contribution in [0.1, 0.15) is 20.8 Å². The van der Waals surface area contributed by atoms with Gasteiger partial charge in [0.05, 0.1) is 18.7 Å². The lowest BCUT2D eigenvalue weighted by atomic mass is 9.89. The highest BCUT2D eigenvalue weighted by Crippen LogP contribution is 2.28. The number of benzene rings is 2. The third-order valence-electron chi connectivity index (χ3n) is 4.55. The molecule has 1 heterocycles. The monoisotopic (exact) mass is 397 g/mol. The van der Waals surface area contributed by atoms with E-state index in [0.717, 1.165) is 32.9 Å². The fourth-order valence-electron chi connectivity index (χ4n) is 2.64. The van der Waals surface area contributed by atoms with Crippen LogP contribution in [-0.4, -0.2) is 29.8 Å². The molecule has 0 amide bonds. The van der Waals surface area contributed by atoms with Gasteiger partial charge in [-0.2, -0.15) is 0 Å². The van der Waals surface area contributed by atoms with Crippen LogP contribution in [-0.2, 0) is 0 Å². The Labute approximate surface area is 170 Å². The Kier molecular flexibility index (Phi) is 6.44. The average molecular weight is 398 g/mol. The molecular weight excluding hydrogens is 370 g/mol. The van der Waals surface area contributed by atoms with E-state index in [0.29, 0.717) is 6.54 Å². The number of pyridine rings is 1. The largest absolute Gasteiger partial charge is 0.497 e. The topological polar surface area (TPSA) is 66.4 Å². The molecule has 5 nitrogen and oxygen atoms in total. The van der Waals surface area contributed by atoms with Crippen molar-refractivity contribution in [3.63, 3.8) is 0 Å². The van der Waals surface area contributed by atoms with Crippen molar-refractivity contribution in [2.75, 3.05) is 19.0 Å². The second kappa shape index (κ2) is 8.82. The van der Waals surface area contributed by atoms with E-state index in [2.05, 4.69) is 27.2 Å². The fourth-order valence-corrected chi connectivity index (χ4v) is 3.32. The summed E-state index contributed by atoms with van der Waals surface area (Å²) in [7, 11) is 1.65. The summed E-state index contributed by atoms with van der Waals surface area (Å²) in [5.41, 5.74) is 2.76. The van der Waals surface area contributed by atoms with Crippen molar-refractivity contribution in [2.24, 2.45) is 5.41 Å². The quantitative estimate of drug-likeness (QED) is 0.488. The highest BCUT2D eigenvalue weighted by atomic mass is 32.2. The minimum Gasteiger partial charge on any atom is -0.497 e. The molecule has 0 saturated carbocycles. The van der Waals surface area contributed by atoms with Gasteiger partial charge in [0.2, 0.25) is 0 Å². The maximum atomic E-state index is 10.1. The van der Waals surface area contributed by atoms with Gasteiger partial charge in [0.1, 0.15) is 5.75 Å². The first-order chi connectivity index (χ1) is 13.4. The van der Waals surface area contributed by atoms with Crippen molar-refractivity contribution in [3.8, 4) is 5.75 Å². The van der Waals surface area contributed by atoms with E-state index in [9.17, 15) is 5.11 Å². The van der Waals surface area contributed by atoms with Crippen molar-refractivity contribution >= 4 is 34.2 Å². The van der Waals surface area contributed by atoms with E-state index < -0.39 is 0 Å². The molecule has 0 saturated heterocycles. The zero-order valence-corrected chi connectivity index (χ0v) is 17.5. The first-order valence-corrected chi connectivity index (χ1v) is 10.1. The number of fused-ring (bicyclic) bond motifs is 1. The molecule has 0 fully saturated rings. The van der Waals surface area contributed by atoms with Crippen molar-refractivity contribution in [2.45, 2.75) is 31.8 Å². The molecule has 0 aliphatic rings. The fraction of sp³-hybridized carbons (Fsp3) is 0.318. The van der Waals surface area contributed by atoms with Gasteiger partial charge in [-0.25, -0.2) is 0 Å². The van der Waals surface area contributed by atoms with Crippen molar-refractivity contribution in [1.82, 2.24) is 9.71 Å². The molecule has 1 atom stereocenters. The van der Waals surface area contributed by atoms with Gasteiger partial charge < -0.3 is 15.2 Å². The molecule has 0 aliphatic heterocycles. The Morgan fingerprint density at radius 2 is 1.86 bits per heavy atom. The molecule has 6 heteroatoms. The van der Waals surface area contributed by atoms with Gasteiger partial charge >= 0.3 is 0 Å². The third kappa shape index (κ3) is 5.16. The van der Waals surface area contributed by atoms with Crippen LogP contribution in [0.3, 0.4) is 0 Å². The minimum atomic E-state index is -0.389. The predicted molar refractivity (Wildman–Crippen MR) is 117 cm³/mol. The molecule has 1 unspecified atom stereocenters. The number of hydrogen-bond acceptors (Lipinski definition) is 6. The highest BCUT2D eigenvalue weighted by Gasteiger charge is 2.21. The lowest BCUT2D eigenvalue weighted by molar-refractivity contribution is 0.0683. The van der Waals surface area contributed by atoms with E-state index >= 15 is 0 Å². The maximum absolute atomic E-state index is 10.1. The molecule has 3 aromatic rings. The number of nitrogens with zero attached hydrogens (tertiary/aromatic N) is 1. The van der Waals surface area contributed by atoms with Crippen molar-refractivity contribution in [3.05, 3.63) is 54.7 Å². The van der Waals surface area contributed by atoms with Crippen LogP contribution in [0.5, 0.6) is 5.75 Å². The van der Waals surface area contributed by atoms with Crippen LogP contribution in [0.4, 0.5) is 11.4 Å². The molecule has 0 spiro atoms. The van der Waals surface area contributed by atoms with E-state index in [4.69, 9.17) is 4.74 Å². The second-order valence-electron chi connectivity index (χ2n) is 7.72. The number of aliphatic hydroxyl groups excluding tert-OH is 1. The van der Waals surface area contributed by atoms with Crippen LogP contribution in [0, 0.1) is 5.41 Å². The third-order valence-corrected chi connectivity index (χ3v) is 5.37. The highest BCUT2D eigenvalue weighted by molar-refractivity contribution is 7.97. The summed E-state index contributed by atoms with van der Waals surface area (Å²) in [6.07, 6.45) is 1.40. The second-order valence-corrected chi connectivity index (χ2v) is 8.69. The van der Waals surface area contributed by atoms with Crippen LogP contribution in [0.2, 0.25) is 0 Å². The number of hydrogen-bond donors (Lipinski definition) is 3. The molecule has 0 aliphatic carbocycles. The lowest BCUT2D eigenvalue weighted by Gasteiger charge is -2.25. The Hall–Kier alpha value is -2.28. The SMILES string of the molecule is COc1ccc2c(Nc3ccc(SNCC(O)C(C)(C)C)cc3)ccnc2c1. The number of nitrogens with one attached hydrogen (secondary N) is 2. The van der Waals surface area contributed by atoms with Crippen LogP contribution in [0.15, 0.2) is 59.6 Å². The van der Waals surface area contributed by atoms with Crippen molar-refractivity contribution < 1.29 is 9.84 Å². The Bertz CT molecular complexity index is 923. The minimum absolute atomic E-state index is 0.126. The maximum Gasteiger partial charge on any atom is 0.121 e. The molecule has 0 bridgehead atoms. The van der Waals surface area contributed by atoms with E-state index in [1.165, 1.54) is 11.9 Å². The summed E-state index contributed by atoms with van der Waals surface area (Å²) in [6.45, 7) is 6.64. The number of aromatic nitrogens is 1. The molecule has 3 rings (SSSR count). The molecule has 28 heavy (non-hydrogen) atoms. The Balaban J connectivity index is 1.64. The number of aliphatic hydroxyl groups is 1. The normalized spacial score (nSPS) is 12.8. The smallest absolute Gasteiger partial charge is 0.121 e. The Morgan fingerprint density at radius 3 is 2.54 bits per heavy atom. The summed E-state index contributed by atoms with van der Waals surface area (Å²) in [4.78, 5) is 5.51. The number of rotatable bonds is 7. The number of methoxy groups -OCH3 is 1. The van der Waals surface area contributed by atoms with Gasteiger partial charge in [0.25, 0.3) is 0 Å². The Morgan fingerprint density at radius 1 is 1.11 bits per heavy atom. The zero-order chi connectivity index (χ0) is 20.1. The number of ether oxygens (including phenoxy) is 1. The summed E-state index contributed by atoms with van der Waals surface area (Å²) >= 11 is 1.52. The molecule has 3 N–H and O–H groups in total. The van der Waals surface area contributed by atoms with E-state index in [-0.39, 0.29) is 11.5 Å². The molecule has 2 aromatic carbocycles. The van der Waals surface area contributed by atoms with Gasteiger partial charge in [-0.3, -0.25) is 9.71 Å². The summed E-state index contributed by atoms with van der Waals surface area (Å²) in [5, 5.41) is 14.6. The predicted octanol–water partition coefficient (Wildman–Crippen LogP) is 4.99. The molecule has 1 aromatic heterocycles. The van der Waals surface area contributed by atoms with E-state index in [1.807, 2.05) is 57.2 Å². The van der Waals surface area contributed by atoms with Crippen LogP contribution < -0.4 is 14.8 Å². The standard InChI is InChI=1S/C22H27N3O2S/c1-22(2,3)21(26)14-24-28-17-8-5-15(6-9-17)25-19-11-12-23-20-13-16(27-4)7-10-18(19)20/h5-13,21,24,26H,14H2,1-4H3,(H,23,25). The van der Waals surface area contributed by atoms with Gasteiger partial charge in [-0.05, 0) is 59.8 Å². The first-order valence-electron chi connectivity index (χ1n) is 9.24. The summed E-state index contributed by atoms with van der Waals surface area (Å²) < 4.78 is 8.51. The number of anilines is 2. The van der Waals surface area contributed by atoms with Gasteiger partial charge in [0, 0.05) is 40.5 Å². The van der Waals surface area contributed by atoms with Gasteiger partial charge in [-0.15, -0.1) is 0 Å². The molecule has 0 radical (unpaired) electrons. The van der Waals surface area contributed by atoms with Gasteiger partial charge in [-0.1, -0.05) is 20.8 Å². The zero-order valence-electron chi connectivity index (χ0n) is 16.7. The van der Waals surface area contributed by atoms with E-state index in [1.54, 1.807) is 13.3 Å². The first kappa shape index (κ1) is 20.5. The van der Waals surface area contributed by atoms with Crippen LogP contribution >= 0.6 is 11.9 Å². The van der Waals surface area contributed by atoms with Gasteiger partial charge in [0.15, 0.2) is 0 Å². The lowest BCUT2D eigenvalue weighted by Crippen LogP contribution is -2.34. The summed E-state index contributed by atoms with van der Waals surface area (Å²) in [6, 6.07) is 16.0. The van der Waals surface area contributed by atoms with Crippen molar-refractivity contribution in [1.29, 1.82) is 0 Å². The average Bonchev–Trinajstić information content (AvgIpc) is 2.68. The summed E-state index contributed by atoms with van der Waals surface area (Å²) in [5.74, 6) is 0.794.